The summed E-state index contributed by atoms with van der Waals surface area (Å²) in [6.07, 6.45) is 0. The van der Waals surface area contributed by atoms with Gasteiger partial charge in [0.25, 0.3) is 5.91 Å². The van der Waals surface area contributed by atoms with Crippen LogP contribution in [0.4, 0.5) is 0 Å². The molecule has 0 spiro atoms. The van der Waals surface area contributed by atoms with Crippen molar-refractivity contribution in [1.29, 1.82) is 0 Å². The van der Waals surface area contributed by atoms with E-state index in [1.54, 1.807) is 25.1 Å². The predicted octanol–water partition coefficient (Wildman–Crippen LogP) is 3.74. The standard InChI is InChI=1S/C18H20Cl2N2O4S/c1-11(12-5-7-14(19)15(20)9-12)21-18(23)13-6-8-16(26-4)17(10-13)27(24,25)22(2)3/h5-11H,1-4H3,(H,21,23). The van der Waals surface area contributed by atoms with E-state index in [4.69, 9.17) is 27.9 Å². The molecule has 1 N–H and O–H groups in total. The van der Waals surface area contributed by atoms with Crippen molar-refractivity contribution >= 4 is 39.1 Å². The highest BCUT2D eigenvalue weighted by atomic mass is 35.5. The zero-order valence-corrected chi connectivity index (χ0v) is 17.6. The number of sulfonamides is 1. The number of hydrogen-bond acceptors (Lipinski definition) is 4. The largest absolute Gasteiger partial charge is 0.495 e. The molecule has 1 atom stereocenters. The Morgan fingerprint density at radius 3 is 2.33 bits per heavy atom. The van der Waals surface area contributed by atoms with Gasteiger partial charge in [-0.15, -0.1) is 0 Å². The number of methoxy groups -OCH3 is 1. The van der Waals surface area contributed by atoms with Crippen LogP contribution in [-0.4, -0.2) is 39.8 Å². The number of halogens is 2. The summed E-state index contributed by atoms with van der Waals surface area (Å²) in [4.78, 5) is 12.5. The maximum Gasteiger partial charge on any atom is 0.251 e. The Hall–Kier alpha value is -1.80. The smallest absolute Gasteiger partial charge is 0.251 e. The van der Waals surface area contributed by atoms with E-state index in [-0.39, 0.29) is 22.3 Å². The lowest BCUT2D eigenvalue weighted by Gasteiger charge is -2.17. The molecular weight excluding hydrogens is 411 g/mol. The molecule has 146 valence electrons. The van der Waals surface area contributed by atoms with E-state index in [0.717, 1.165) is 9.87 Å². The topological polar surface area (TPSA) is 75.7 Å². The molecule has 0 aliphatic heterocycles. The molecule has 0 fully saturated rings. The molecule has 1 amide bonds. The molecule has 0 heterocycles. The van der Waals surface area contributed by atoms with Gasteiger partial charge in [0.1, 0.15) is 10.6 Å². The third kappa shape index (κ3) is 4.73. The summed E-state index contributed by atoms with van der Waals surface area (Å²) in [5, 5.41) is 3.63. The third-order valence-electron chi connectivity index (χ3n) is 3.98. The molecule has 9 heteroatoms. The van der Waals surface area contributed by atoms with Gasteiger partial charge in [0.05, 0.1) is 23.2 Å². The number of nitrogens with one attached hydrogen (secondary N) is 1. The summed E-state index contributed by atoms with van der Waals surface area (Å²) in [5.74, 6) is -0.260. The molecule has 0 bridgehead atoms. The van der Waals surface area contributed by atoms with Gasteiger partial charge in [0.2, 0.25) is 10.0 Å². The van der Waals surface area contributed by atoms with Gasteiger partial charge in [-0.25, -0.2) is 12.7 Å². The zero-order chi connectivity index (χ0) is 20.4. The summed E-state index contributed by atoms with van der Waals surface area (Å²) < 4.78 is 31.2. The molecule has 2 aromatic rings. The fourth-order valence-electron chi connectivity index (χ4n) is 2.36. The molecule has 2 rings (SSSR count). The minimum Gasteiger partial charge on any atom is -0.495 e. The molecule has 6 nitrogen and oxygen atoms in total. The highest BCUT2D eigenvalue weighted by molar-refractivity contribution is 7.89. The number of amides is 1. The van der Waals surface area contributed by atoms with Crippen LogP contribution in [0.15, 0.2) is 41.3 Å². The Morgan fingerprint density at radius 1 is 1.11 bits per heavy atom. The van der Waals surface area contributed by atoms with Gasteiger partial charge in [0, 0.05) is 19.7 Å². The van der Waals surface area contributed by atoms with E-state index >= 15 is 0 Å². The normalized spacial score (nSPS) is 12.7. The molecule has 27 heavy (non-hydrogen) atoms. The van der Waals surface area contributed by atoms with Crippen LogP contribution in [0.5, 0.6) is 5.75 Å². The number of rotatable bonds is 6. The van der Waals surface area contributed by atoms with Gasteiger partial charge >= 0.3 is 0 Å². The summed E-state index contributed by atoms with van der Waals surface area (Å²) in [6.45, 7) is 1.79. The van der Waals surface area contributed by atoms with Crippen molar-refractivity contribution in [3.05, 3.63) is 57.6 Å². The van der Waals surface area contributed by atoms with Crippen LogP contribution in [0.25, 0.3) is 0 Å². The van der Waals surface area contributed by atoms with Crippen LogP contribution in [-0.2, 0) is 10.0 Å². The van der Waals surface area contributed by atoms with Crippen LogP contribution in [0.1, 0.15) is 28.9 Å². The first-order chi connectivity index (χ1) is 12.6. The Labute approximate surface area is 169 Å². The minimum absolute atomic E-state index is 0.0789. The average molecular weight is 431 g/mol. The fourth-order valence-corrected chi connectivity index (χ4v) is 3.74. The highest BCUT2D eigenvalue weighted by Crippen LogP contribution is 2.28. The van der Waals surface area contributed by atoms with Crippen LogP contribution >= 0.6 is 23.2 Å². The molecule has 0 aliphatic carbocycles. The Morgan fingerprint density at radius 2 is 1.78 bits per heavy atom. The van der Waals surface area contributed by atoms with Crippen molar-refractivity contribution in [3.63, 3.8) is 0 Å². The van der Waals surface area contributed by atoms with Crippen molar-refractivity contribution in [2.45, 2.75) is 17.9 Å². The summed E-state index contributed by atoms with van der Waals surface area (Å²) >= 11 is 11.9. The van der Waals surface area contributed by atoms with Crippen molar-refractivity contribution in [3.8, 4) is 5.75 Å². The van der Waals surface area contributed by atoms with Gasteiger partial charge in [-0.1, -0.05) is 29.3 Å². The molecule has 2 aromatic carbocycles. The predicted molar refractivity (Wildman–Crippen MR) is 106 cm³/mol. The highest BCUT2D eigenvalue weighted by Gasteiger charge is 2.24. The van der Waals surface area contributed by atoms with Gasteiger partial charge in [0.15, 0.2) is 0 Å². The number of carbonyl (C=O) groups is 1. The van der Waals surface area contributed by atoms with Crippen LogP contribution in [0.3, 0.4) is 0 Å². The van der Waals surface area contributed by atoms with E-state index in [2.05, 4.69) is 5.32 Å². The third-order valence-corrected chi connectivity index (χ3v) is 6.55. The van der Waals surface area contributed by atoms with Crippen molar-refractivity contribution in [2.75, 3.05) is 21.2 Å². The van der Waals surface area contributed by atoms with Crippen LogP contribution < -0.4 is 10.1 Å². The number of benzene rings is 2. The lowest BCUT2D eigenvalue weighted by atomic mass is 10.1. The molecular formula is C18H20Cl2N2O4S. The molecule has 1 unspecified atom stereocenters. The second-order valence-corrected chi connectivity index (χ2v) is 8.96. The Bertz CT molecular complexity index is 962. The van der Waals surface area contributed by atoms with E-state index in [1.807, 2.05) is 0 Å². The van der Waals surface area contributed by atoms with Gasteiger partial charge in [-0.05, 0) is 42.8 Å². The summed E-state index contributed by atoms with van der Waals surface area (Å²) in [7, 11) is 0.422. The quantitative estimate of drug-likeness (QED) is 0.756. The second kappa shape index (κ2) is 8.48. The average Bonchev–Trinajstić information content (AvgIpc) is 2.63. The zero-order valence-electron chi connectivity index (χ0n) is 15.3. The Balaban J connectivity index is 2.32. The van der Waals surface area contributed by atoms with Crippen molar-refractivity contribution in [2.24, 2.45) is 0 Å². The van der Waals surface area contributed by atoms with E-state index in [9.17, 15) is 13.2 Å². The Kier molecular flexibility index (Phi) is 6.75. The van der Waals surface area contributed by atoms with Crippen molar-refractivity contribution in [1.82, 2.24) is 9.62 Å². The number of hydrogen-bond donors (Lipinski definition) is 1. The first kappa shape index (κ1) is 21.5. The summed E-state index contributed by atoms with van der Waals surface area (Å²) in [6, 6.07) is 8.98. The minimum atomic E-state index is -3.77. The SMILES string of the molecule is COc1ccc(C(=O)NC(C)c2ccc(Cl)c(Cl)c2)cc1S(=O)(=O)N(C)C. The number of ether oxygens (including phenoxy) is 1. The molecule has 0 radical (unpaired) electrons. The van der Waals surface area contributed by atoms with Crippen LogP contribution in [0, 0.1) is 0 Å². The van der Waals surface area contributed by atoms with Crippen molar-refractivity contribution < 1.29 is 17.9 Å². The lowest BCUT2D eigenvalue weighted by molar-refractivity contribution is 0.0939. The maximum absolute atomic E-state index is 12.6. The van der Waals surface area contributed by atoms with E-state index < -0.39 is 15.9 Å². The molecule has 0 saturated heterocycles. The lowest BCUT2D eigenvalue weighted by Crippen LogP contribution is -2.27. The molecule has 0 aliphatic rings. The first-order valence-electron chi connectivity index (χ1n) is 7.94. The maximum atomic E-state index is 12.6. The van der Waals surface area contributed by atoms with E-state index in [0.29, 0.717) is 10.0 Å². The molecule has 0 aromatic heterocycles. The second-order valence-electron chi connectivity index (χ2n) is 6.02. The fraction of sp³-hybridized carbons (Fsp3) is 0.278. The first-order valence-corrected chi connectivity index (χ1v) is 10.1. The number of carbonyl (C=O) groups excluding carboxylic acids is 1. The van der Waals surface area contributed by atoms with Gasteiger partial charge < -0.3 is 10.1 Å². The number of nitrogens with zero attached hydrogens (tertiary/aromatic N) is 1. The van der Waals surface area contributed by atoms with Gasteiger partial charge in [-0.3, -0.25) is 4.79 Å². The monoisotopic (exact) mass is 430 g/mol. The summed E-state index contributed by atoms with van der Waals surface area (Å²) in [5.41, 5.74) is 0.968. The van der Waals surface area contributed by atoms with Gasteiger partial charge in [-0.2, -0.15) is 0 Å². The molecule has 0 saturated carbocycles. The van der Waals surface area contributed by atoms with Crippen LogP contribution in [0.2, 0.25) is 10.0 Å². The van der Waals surface area contributed by atoms with E-state index in [1.165, 1.54) is 39.4 Å².